The second-order valence-electron chi connectivity index (χ2n) is 6.23. The zero-order valence-electron chi connectivity index (χ0n) is 12.9. The van der Waals surface area contributed by atoms with Crippen LogP contribution in [-0.2, 0) is 10.3 Å². The summed E-state index contributed by atoms with van der Waals surface area (Å²) in [5.74, 6) is -0.237. The highest BCUT2D eigenvalue weighted by Gasteiger charge is 2.54. The Kier molecular flexibility index (Phi) is 4.35. The van der Waals surface area contributed by atoms with Gasteiger partial charge in [0, 0.05) is 16.5 Å². The first-order valence-corrected chi connectivity index (χ1v) is 7.05. The Morgan fingerprint density at radius 3 is 2.05 bits per heavy atom. The van der Waals surface area contributed by atoms with Crippen LogP contribution in [0.15, 0.2) is 54.6 Å². The second kappa shape index (κ2) is 5.91. The molecule has 1 unspecified atom stereocenters. The standard InChI is InChI=1S/C18H18O2.H2O2/c1-17(2,3)18(13-9-5-4-6-10-13)15-12-8-7-11-14(15)16(19)20-18;1-2/h4-12H,1-3H3;1-2H. The van der Waals surface area contributed by atoms with Gasteiger partial charge in [-0.2, -0.15) is 0 Å². The van der Waals surface area contributed by atoms with Gasteiger partial charge >= 0.3 is 5.97 Å². The van der Waals surface area contributed by atoms with Crippen LogP contribution >= 0.6 is 0 Å². The molecule has 0 saturated heterocycles. The summed E-state index contributed by atoms with van der Waals surface area (Å²) in [6, 6.07) is 17.7. The first kappa shape index (κ1) is 16.2. The van der Waals surface area contributed by atoms with Gasteiger partial charge < -0.3 is 4.74 Å². The molecule has 1 atom stereocenters. The number of hydrogen-bond acceptors (Lipinski definition) is 4. The van der Waals surface area contributed by atoms with E-state index in [0.29, 0.717) is 5.56 Å². The molecule has 1 aliphatic heterocycles. The number of carbonyl (C=O) groups excluding carboxylic acids is 1. The smallest absolute Gasteiger partial charge is 0.339 e. The fourth-order valence-corrected chi connectivity index (χ4v) is 3.09. The molecule has 0 radical (unpaired) electrons. The third-order valence-electron chi connectivity index (χ3n) is 4.01. The molecule has 0 bridgehead atoms. The van der Waals surface area contributed by atoms with Crippen LogP contribution in [0, 0.1) is 5.41 Å². The third-order valence-corrected chi connectivity index (χ3v) is 4.01. The van der Waals surface area contributed by atoms with E-state index in [1.165, 1.54) is 0 Å². The van der Waals surface area contributed by atoms with Crippen molar-refractivity contribution >= 4 is 5.97 Å². The minimum absolute atomic E-state index is 0.237. The van der Waals surface area contributed by atoms with E-state index < -0.39 is 5.60 Å². The number of benzene rings is 2. The molecule has 0 aromatic heterocycles. The van der Waals surface area contributed by atoms with E-state index >= 15 is 0 Å². The van der Waals surface area contributed by atoms with E-state index in [4.69, 9.17) is 15.3 Å². The zero-order chi connectivity index (χ0) is 16.4. The molecular formula is C18H20O4. The van der Waals surface area contributed by atoms with Crippen LogP contribution in [0.25, 0.3) is 0 Å². The normalized spacial score (nSPS) is 19.8. The second-order valence-corrected chi connectivity index (χ2v) is 6.23. The van der Waals surface area contributed by atoms with Crippen molar-refractivity contribution in [1.29, 1.82) is 0 Å². The topological polar surface area (TPSA) is 66.8 Å². The molecular weight excluding hydrogens is 280 g/mol. The van der Waals surface area contributed by atoms with Gasteiger partial charge in [0.2, 0.25) is 0 Å². The summed E-state index contributed by atoms with van der Waals surface area (Å²) in [4.78, 5) is 12.3. The van der Waals surface area contributed by atoms with Crippen LogP contribution in [0.4, 0.5) is 0 Å². The number of carbonyl (C=O) groups is 1. The van der Waals surface area contributed by atoms with E-state index in [9.17, 15) is 4.79 Å². The van der Waals surface area contributed by atoms with Gasteiger partial charge in [0.1, 0.15) is 0 Å². The van der Waals surface area contributed by atoms with Gasteiger partial charge in [0.15, 0.2) is 5.60 Å². The predicted molar refractivity (Wildman–Crippen MR) is 83.8 cm³/mol. The molecule has 22 heavy (non-hydrogen) atoms. The van der Waals surface area contributed by atoms with Crippen molar-refractivity contribution in [3.63, 3.8) is 0 Å². The number of esters is 1. The Morgan fingerprint density at radius 1 is 0.909 bits per heavy atom. The van der Waals surface area contributed by atoms with Crippen molar-refractivity contribution in [3.8, 4) is 0 Å². The lowest BCUT2D eigenvalue weighted by molar-refractivity contribution is -0.176. The van der Waals surface area contributed by atoms with E-state index in [2.05, 4.69) is 20.8 Å². The van der Waals surface area contributed by atoms with Crippen LogP contribution in [0.2, 0.25) is 0 Å². The number of rotatable bonds is 1. The van der Waals surface area contributed by atoms with Crippen molar-refractivity contribution in [2.75, 3.05) is 0 Å². The Morgan fingerprint density at radius 2 is 1.45 bits per heavy atom. The largest absolute Gasteiger partial charge is 0.445 e. The Hall–Kier alpha value is -2.17. The van der Waals surface area contributed by atoms with Crippen LogP contribution in [0.5, 0.6) is 0 Å². The van der Waals surface area contributed by atoms with Crippen molar-refractivity contribution in [2.45, 2.75) is 26.4 Å². The highest BCUT2D eigenvalue weighted by atomic mass is 17.0. The van der Waals surface area contributed by atoms with Crippen molar-refractivity contribution < 1.29 is 20.0 Å². The van der Waals surface area contributed by atoms with Crippen LogP contribution in [0.3, 0.4) is 0 Å². The quantitative estimate of drug-likeness (QED) is 0.471. The molecule has 116 valence electrons. The molecule has 0 saturated carbocycles. The average molecular weight is 300 g/mol. The minimum Gasteiger partial charge on any atom is -0.445 e. The molecule has 0 spiro atoms. The van der Waals surface area contributed by atoms with E-state index in [1.807, 2.05) is 54.6 Å². The molecule has 0 aliphatic carbocycles. The van der Waals surface area contributed by atoms with Crippen LogP contribution < -0.4 is 0 Å². The van der Waals surface area contributed by atoms with Crippen LogP contribution in [0.1, 0.15) is 42.3 Å². The van der Waals surface area contributed by atoms with Gasteiger partial charge in [-0.1, -0.05) is 69.3 Å². The number of ether oxygens (including phenoxy) is 1. The highest BCUT2D eigenvalue weighted by molar-refractivity contribution is 5.95. The number of cyclic esters (lactones) is 1. The summed E-state index contributed by atoms with van der Waals surface area (Å²) in [5, 5.41) is 12.0. The average Bonchev–Trinajstić information content (AvgIpc) is 2.85. The predicted octanol–water partition coefficient (Wildman–Crippen LogP) is 4.16. The Labute approximate surface area is 129 Å². The summed E-state index contributed by atoms with van der Waals surface area (Å²) in [6.45, 7) is 6.32. The molecule has 1 aliphatic rings. The summed E-state index contributed by atoms with van der Waals surface area (Å²) in [6.07, 6.45) is 0. The Balaban J connectivity index is 0.000000847. The molecule has 1 heterocycles. The molecule has 2 N–H and O–H groups in total. The van der Waals surface area contributed by atoms with Crippen molar-refractivity contribution in [2.24, 2.45) is 5.41 Å². The van der Waals surface area contributed by atoms with E-state index in [0.717, 1.165) is 11.1 Å². The van der Waals surface area contributed by atoms with Gasteiger partial charge in [-0.05, 0) is 6.07 Å². The Bertz CT molecular complexity index is 658. The van der Waals surface area contributed by atoms with Gasteiger partial charge in [0.05, 0.1) is 5.56 Å². The fourth-order valence-electron chi connectivity index (χ4n) is 3.09. The monoisotopic (exact) mass is 300 g/mol. The summed E-state index contributed by atoms with van der Waals surface area (Å²) < 4.78 is 5.93. The first-order valence-electron chi connectivity index (χ1n) is 7.05. The number of fused-ring (bicyclic) bond motifs is 1. The maximum absolute atomic E-state index is 12.3. The summed E-state index contributed by atoms with van der Waals surface area (Å²) in [7, 11) is 0. The molecule has 3 rings (SSSR count). The van der Waals surface area contributed by atoms with Crippen molar-refractivity contribution in [1.82, 2.24) is 0 Å². The zero-order valence-corrected chi connectivity index (χ0v) is 12.9. The maximum atomic E-state index is 12.3. The van der Waals surface area contributed by atoms with E-state index in [-0.39, 0.29) is 11.4 Å². The molecule has 0 fully saturated rings. The minimum atomic E-state index is -0.720. The van der Waals surface area contributed by atoms with Gasteiger partial charge in [-0.15, -0.1) is 0 Å². The van der Waals surface area contributed by atoms with Crippen LogP contribution in [-0.4, -0.2) is 16.5 Å². The lowest BCUT2D eigenvalue weighted by atomic mass is 9.68. The highest BCUT2D eigenvalue weighted by Crippen LogP contribution is 2.52. The molecule has 4 nitrogen and oxygen atoms in total. The fraction of sp³-hybridized carbons (Fsp3) is 0.278. The van der Waals surface area contributed by atoms with Gasteiger partial charge in [-0.25, -0.2) is 4.79 Å². The maximum Gasteiger partial charge on any atom is 0.339 e. The van der Waals surface area contributed by atoms with Gasteiger partial charge in [-0.3, -0.25) is 10.5 Å². The van der Waals surface area contributed by atoms with Gasteiger partial charge in [0.25, 0.3) is 0 Å². The first-order chi connectivity index (χ1) is 10.5. The number of hydrogen-bond donors (Lipinski definition) is 2. The van der Waals surface area contributed by atoms with Crippen molar-refractivity contribution in [3.05, 3.63) is 71.3 Å². The lowest BCUT2D eigenvalue weighted by Gasteiger charge is -2.41. The SMILES string of the molecule is CC(C)(C)C1(c2ccccc2)OC(=O)c2ccccc21.OO. The lowest BCUT2D eigenvalue weighted by Crippen LogP contribution is -2.41. The molecule has 0 amide bonds. The van der Waals surface area contributed by atoms with E-state index in [1.54, 1.807) is 0 Å². The summed E-state index contributed by atoms with van der Waals surface area (Å²) in [5.41, 5.74) is 1.69. The summed E-state index contributed by atoms with van der Waals surface area (Å²) >= 11 is 0. The third kappa shape index (κ3) is 2.30. The molecule has 2 aromatic carbocycles. The molecule has 4 heteroatoms. The molecule has 2 aromatic rings.